The minimum Gasteiger partial charge on any atom is -0.354 e. The lowest BCUT2D eigenvalue weighted by molar-refractivity contribution is -0.121. The molecule has 1 atom stereocenters. The number of carbonyl (C=O) groups excluding carboxylic acids is 1. The van der Waals surface area contributed by atoms with Gasteiger partial charge in [0.05, 0.1) is 11.9 Å². The van der Waals surface area contributed by atoms with Crippen molar-refractivity contribution in [2.24, 2.45) is 0 Å². The molecule has 1 saturated heterocycles. The largest absolute Gasteiger partial charge is 0.354 e. The second-order valence-corrected chi connectivity index (χ2v) is 6.60. The predicted octanol–water partition coefficient (Wildman–Crippen LogP) is 0.377. The summed E-state index contributed by atoms with van der Waals surface area (Å²) in [5, 5.41) is 21.9. The highest BCUT2D eigenvalue weighted by molar-refractivity contribution is 7.99. The van der Waals surface area contributed by atoms with Gasteiger partial charge in [-0.1, -0.05) is 0 Å². The summed E-state index contributed by atoms with van der Waals surface area (Å²) in [6.07, 6.45) is 5.89. The molecule has 3 heterocycles. The quantitative estimate of drug-likeness (QED) is 0.499. The Labute approximate surface area is 138 Å². The first-order valence-corrected chi connectivity index (χ1v) is 8.79. The number of H-pyrrole nitrogens is 1. The Morgan fingerprint density at radius 2 is 2.48 bits per heavy atom. The van der Waals surface area contributed by atoms with Crippen LogP contribution in [0.4, 0.5) is 0 Å². The fraction of sp³-hybridized carbons (Fsp3) is 0.571. The lowest BCUT2D eigenvalue weighted by Crippen LogP contribution is -2.30. The molecule has 1 unspecified atom stereocenters. The van der Waals surface area contributed by atoms with E-state index in [1.807, 2.05) is 12.3 Å². The van der Waals surface area contributed by atoms with Crippen molar-refractivity contribution in [3.63, 3.8) is 0 Å². The molecule has 1 aliphatic rings. The molecule has 0 spiro atoms. The van der Waals surface area contributed by atoms with E-state index >= 15 is 0 Å². The minimum absolute atomic E-state index is 0.0258. The number of aromatic nitrogens is 5. The Balaban J connectivity index is 1.38. The monoisotopic (exact) mass is 335 g/mol. The fourth-order valence-electron chi connectivity index (χ4n) is 2.60. The van der Waals surface area contributed by atoms with Crippen molar-refractivity contribution in [3.8, 4) is 0 Å². The number of nitrogens with zero attached hydrogens (tertiary/aromatic N) is 4. The van der Waals surface area contributed by atoms with Gasteiger partial charge in [-0.25, -0.2) is 0 Å². The lowest BCUT2D eigenvalue weighted by Gasteiger charge is -2.20. The summed E-state index contributed by atoms with van der Waals surface area (Å²) in [5.74, 6) is 1.20. The average Bonchev–Trinajstić information content (AvgIpc) is 3.24. The molecule has 2 aromatic rings. The molecule has 8 nitrogen and oxygen atoms in total. The van der Waals surface area contributed by atoms with Gasteiger partial charge in [0.25, 0.3) is 0 Å². The van der Waals surface area contributed by atoms with Gasteiger partial charge >= 0.3 is 0 Å². The maximum Gasteiger partial charge on any atom is 0.241 e. The molecule has 1 amide bonds. The molecular weight excluding hydrogens is 314 g/mol. The molecule has 0 saturated carbocycles. The number of thioether (sulfide) groups is 1. The van der Waals surface area contributed by atoms with Crippen LogP contribution in [-0.2, 0) is 11.3 Å². The highest BCUT2D eigenvalue weighted by atomic mass is 32.2. The van der Waals surface area contributed by atoms with Gasteiger partial charge in [-0.15, -0.1) is 16.9 Å². The molecule has 0 radical (unpaired) electrons. The van der Waals surface area contributed by atoms with Crippen LogP contribution < -0.4 is 10.6 Å². The Kier molecular flexibility index (Phi) is 5.65. The van der Waals surface area contributed by atoms with Crippen molar-refractivity contribution >= 4 is 17.7 Å². The third kappa shape index (κ3) is 4.80. The van der Waals surface area contributed by atoms with Crippen LogP contribution in [0.2, 0.25) is 0 Å². The summed E-state index contributed by atoms with van der Waals surface area (Å²) in [6, 6.07) is 2.02. The van der Waals surface area contributed by atoms with E-state index in [1.54, 1.807) is 22.6 Å². The molecule has 3 N–H and O–H groups in total. The zero-order chi connectivity index (χ0) is 15.9. The van der Waals surface area contributed by atoms with E-state index in [1.165, 1.54) is 6.42 Å². The first-order valence-electron chi connectivity index (χ1n) is 7.80. The number of rotatable bonds is 7. The van der Waals surface area contributed by atoms with E-state index in [-0.39, 0.29) is 12.5 Å². The van der Waals surface area contributed by atoms with Gasteiger partial charge in [-0.05, 0) is 25.5 Å². The van der Waals surface area contributed by atoms with Crippen LogP contribution in [0.5, 0.6) is 0 Å². The van der Waals surface area contributed by atoms with Crippen molar-refractivity contribution in [1.29, 1.82) is 0 Å². The molecule has 1 fully saturated rings. The molecular formula is C14H21N7OS. The zero-order valence-corrected chi connectivity index (χ0v) is 13.7. The van der Waals surface area contributed by atoms with Crippen LogP contribution in [0, 0.1) is 0 Å². The van der Waals surface area contributed by atoms with Gasteiger partial charge in [0.15, 0.2) is 0 Å². The summed E-state index contributed by atoms with van der Waals surface area (Å²) in [7, 11) is 0. The van der Waals surface area contributed by atoms with Gasteiger partial charge in [0, 0.05) is 31.0 Å². The third-order valence-electron chi connectivity index (χ3n) is 3.75. The van der Waals surface area contributed by atoms with Crippen molar-refractivity contribution in [2.45, 2.75) is 30.3 Å². The van der Waals surface area contributed by atoms with E-state index in [0.717, 1.165) is 36.0 Å². The maximum atomic E-state index is 11.9. The van der Waals surface area contributed by atoms with Crippen LogP contribution in [0.15, 0.2) is 23.5 Å². The molecule has 124 valence electrons. The van der Waals surface area contributed by atoms with Crippen molar-refractivity contribution in [1.82, 2.24) is 35.8 Å². The van der Waals surface area contributed by atoms with E-state index in [2.05, 4.69) is 31.1 Å². The average molecular weight is 335 g/mol. The number of aromatic amines is 1. The van der Waals surface area contributed by atoms with Gasteiger partial charge in [0.2, 0.25) is 5.91 Å². The SMILES string of the molecule is O=C(Cn1ccc(C2CCCNC2)n1)NCCSc1cn[nH]n1. The standard InChI is InChI=1S/C14H21N7OS/c22-13(16-5-7-23-14-9-17-20-18-14)10-21-6-3-12(19-21)11-2-1-4-15-8-11/h3,6,9,11,15H,1-2,4-5,7-8,10H2,(H,16,22)(H,17,18,20). The summed E-state index contributed by atoms with van der Waals surface area (Å²) in [6.45, 7) is 2.92. The fourth-order valence-corrected chi connectivity index (χ4v) is 3.24. The van der Waals surface area contributed by atoms with Crippen molar-refractivity contribution in [2.75, 3.05) is 25.4 Å². The summed E-state index contributed by atoms with van der Waals surface area (Å²) < 4.78 is 1.71. The van der Waals surface area contributed by atoms with Crippen LogP contribution >= 0.6 is 11.8 Å². The smallest absolute Gasteiger partial charge is 0.241 e. The van der Waals surface area contributed by atoms with Gasteiger partial charge in [-0.2, -0.15) is 15.4 Å². The number of nitrogens with one attached hydrogen (secondary N) is 3. The second-order valence-electron chi connectivity index (χ2n) is 5.49. The minimum atomic E-state index is -0.0258. The first-order chi connectivity index (χ1) is 11.3. The number of amides is 1. The number of carbonyl (C=O) groups is 1. The molecule has 23 heavy (non-hydrogen) atoms. The van der Waals surface area contributed by atoms with Crippen LogP contribution in [0.1, 0.15) is 24.5 Å². The van der Waals surface area contributed by atoms with E-state index < -0.39 is 0 Å². The summed E-state index contributed by atoms with van der Waals surface area (Å²) in [5.41, 5.74) is 1.08. The Morgan fingerprint density at radius 1 is 1.52 bits per heavy atom. The molecule has 0 bridgehead atoms. The van der Waals surface area contributed by atoms with Gasteiger partial charge in [0.1, 0.15) is 11.6 Å². The molecule has 9 heteroatoms. The number of piperidine rings is 1. The predicted molar refractivity (Wildman–Crippen MR) is 87.2 cm³/mol. The van der Waals surface area contributed by atoms with Crippen molar-refractivity contribution in [3.05, 3.63) is 24.2 Å². The Morgan fingerprint density at radius 3 is 3.26 bits per heavy atom. The van der Waals surface area contributed by atoms with E-state index in [9.17, 15) is 4.79 Å². The molecule has 1 aliphatic heterocycles. The normalized spacial score (nSPS) is 18.0. The molecule has 0 aromatic carbocycles. The number of hydrogen-bond acceptors (Lipinski definition) is 6. The lowest BCUT2D eigenvalue weighted by atomic mass is 9.97. The van der Waals surface area contributed by atoms with Crippen LogP contribution in [0.3, 0.4) is 0 Å². The summed E-state index contributed by atoms with van der Waals surface area (Å²) in [4.78, 5) is 11.9. The van der Waals surface area contributed by atoms with Crippen LogP contribution in [0.25, 0.3) is 0 Å². The highest BCUT2D eigenvalue weighted by Gasteiger charge is 2.17. The maximum absolute atomic E-state index is 11.9. The van der Waals surface area contributed by atoms with E-state index in [0.29, 0.717) is 12.5 Å². The molecule has 3 rings (SSSR count). The molecule has 0 aliphatic carbocycles. The summed E-state index contributed by atoms with van der Waals surface area (Å²) >= 11 is 1.55. The van der Waals surface area contributed by atoms with Crippen molar-refractivity contribution < 1.29 is 4.79 Å². The third-order valence-corrected chi connectivity index (χ3v) is 4.65. The number of hydrogen-bond donors (Lipinski definition) is 3. The highest BCUT2D eigenvalue weighted by Crippen LogP contribution is 2.21. The Bertz CT molecular complexity index is 606. The second kappa shape index (κ2) is 8.11. The van der Waals surface area contributed by atoms with E-state index in [4.69, 9.17) is 0 Å². The zero-order valence-electron chi connectivity index (χ0n) is 12.9. The van der Waals surface area contributed by atoms with Gasteiger partial charge < -0.3 is 10.6 Å². The van der Waals surface area contributed by atoms with Crippen LogP contribution in [-0.4, -0.2) is 56.5 Å². The van der Waals surface area contributed by atoms with Gasteiger partial charge in [-0.3, -0.25) is 9.48 Å². The topological polar surface area (TPSA) is 101 Å². The Hall–Kier alpha value is -1.87. The molecule has 2 aromatic heterocycles. The first kappa shape index (κ1) is 16.0.